The first-order chi connectivity index (χ1) is 12.6. The summed E-state index contributed by atoms with van der Waals surface area (Å²) in [6.07, 6.45) is 4.47. The summed E-state index contributed by atoms with van der Waals surface area (Å²) in [6.45, 7) is 7.73. The summed E-state index contributed by atoms with van der Waals surface area (Å²) in [4.78, 5) is 2.43. The number of rotatable bonds is 4. The number of nitrogens with zero attached hydrogens (tertiary/aromatic N) is 1. The molecule has 2 heterocycles. The number of ether oxygens (including phenoxy) is 1. The lowest BCUT2D eigenvalue weighted by Gasteiger charge is -2.40. The Morgan fingerprint density at radius 2 is 2.08 bits per heavy atom. The van der Waals surface area contributed by atoms with Gasteiger partial charge in [-0.3, -0.25) is 5.14 Å². The van der Waals surface area contributed by atoms with E-state index < -0.39 is 11.0 Å². The maximum atomic E-state index is 11.9. The molecule has 3 atom stereocenters. The quantitative estimate of drug-likeness (QED) is 0.841. The van der Waals surface area contributed by atoms with E-state index >= 15 is 0 Å². The fraction of sp³-hybridized carbons (Fsp3) is 0.700. The van der Waals surface area contributed by atoms with Gasteiger partial charge in [-0.25, -0.2) is 4.21 Å². The highest BCUT2D eigenvalue weighted by Crippen LogP contribution is 2.55. The number of piperidine rings is 1. The largest absolute Gasteiger partial charge is 0.378 e. The zero-order valence-corrected chi connectivity index (χ0v) is 16.5. The van der Waals surface area contributed by atoms with Crippen molar-refractivity contribution in [1.29, 1.82) is 0 Å². The minimum atomic E-state index is -1.26. The van der Waals surface area contributed by atoms with E-state index in [9.17, 15) is 4.21 Å². The van der Waals surface area contributed by atoms with Crippen LogP contribution in [0.3, 0.4) is 0 Å². The topological polar surface area (TPSA) is 67.6 Å². The van der Waals surface area contributed by atoms with E-state index in [4.69, 9.17) is 9.88 Å². The number of nitrogens with two attached hydrogens (primary N) is 1. The van der Waals surface area contributed by atoms with Crippen molar-refractivity contribution in [1.82, 2.24) is 5.32 Å². The first-order valence-electron chi connectivity index (χ1n) is 9.90. The molecule has 0 amide bonds. The minimum absolute atomic E-state index is 0.0322. The third-order valence-electron chi connectivity index (χ3n) is 6.73. The molecule has 0 aromatic heterocycles. The molecule has 6 heteroatoms. The summed E-state index contributed by atoms with van der Waals surface area (Å²) in [5.41, 5.74) is 4.59. The van der Waals surface area contributed by atoms with Crippen molar-refractivity contribution in [3.63, 3.8) is 0 Å². The standard InChI is InChI=1S/C20H31N3O2S/c1-15(26(21)24)12-19-18-13-17(23-8-10-25-11-9-23)3-2-16(18)14-20(19)4-6-22-7-5-20/h2-3,13,15,19,22H,4-12,14,21H2,1H3/t15?,19-,26?/m1/s1. The van der Waals surface area contributed by atoms with Crippen LogP contribution in [0.4, 0.5) is 5.69 Å². The first kappa shape index (κ1) is 18.4. The van der Waals surface area contributed by atoms with E-state index in [1.807, 2.05) is 6.92 Å². The SMILES string of the molecule is CC(C[C@@H]1c2cc(N3CCOCC3)ccc2CC12CCNCC2)S(N)=O. The van der Waals surface area contributed by atoms with Crippen LogP contribution < -0.4 is 15.4 Å². The Hall–Kier alpha value is -0.950. The Bertz CT molecular complexity index is 669. The molecule has 144 valence electrons. The molecule has 3 aliphatic rings. The molecule has 0 bridgehead atoms. The predicted molar refractivity (Wildman–Crippen MR) is 107 cm³/mol. The number of fused-ring (bicyclic) bond motifs is 1. The van der Waals surface area contributed by atoms with E-state index in [1.165, 1.54) is 29.7 Å². The van der Waals surface area contributed by atoms with Crippen LogP contribution in [0.25, 0.3) is 0 Å². The monoisotopic (exact) mass is 377 g/mol. The van der Waals surface area contributed by atoms with Crippen LogP contribution in [0.2, 0.25) is 0 Å². The van der Waals surface area contributed by atoms with Gasteiger partial charge in [-0.05, 0) is 80.3 Å². The van der Waals surface area contributed by atoms with Crippen molar-refractivity contribution >= 4 is 16.7 Å². The molecule has 2 fully saturated rings. The van der Waals surface area contributed by atoms with Crippen LogP contribution in [-0.2, 0) is 22.1 Å². The average molecular weight is 378 g/mol. The summed E-state index contributed by atoms with van der Waals surface area (Å²) >= 11 is 0. The Balaban J connectivity index is 1.66. The van der Waals surface area contributed by atoms with Crippen LogP contribution in [0, 0.1) is 5.41 Å². The highest BCUT2D eigenvalue weighted by Gasteiger charge is 2.47. The highest BCUT2D eigenvalue weighted by molar-refractivity contribution is 7.83. The van der Waals surface area contributed by atoms with E-state index in [0.717, 1.165) is 52.2 Å². The number of hydrogen-bond acceptors (Lipinski definition) is 4. The molecule has 0 saturated carbocycles. The molecular formula is C20H31N3O2S. The van der Waals surface area contributed by atoms with E-state index in [1.54, 1.807) is 0 Å². The van der Waals surface area contributed by atoms with Gasteiger partial charge in [0.05, 0.1) is 24.2 Å². The zero-order valence-electron chi connectivity index (χ0n) is 15.7. The van der Waals surface area contributed by atoms with Crippen LogP contribution in [0.5, 0.6) is 0 Å². The third-order valence-corrected chi connectivity index (χ3v) is 7.71. The maximum Gasteiger partial charge on any atom is 0.0917 e. The van der Waals surface area contributed by atoms with Gasteiger partial charge in [0.1, 0.15) is 0 Å². The molecule has 2 aliphatic heterocycles. The van der Waals surface area contributed by atoms with Crippen LogP contribution in [-0.4, -0.2) is 48.9 Å². The summed E-state index contributed by atoms with van der Waals surface area (Å²) in [7, 11) is -1.26. The molecule has 1 spiro atoms. The molecule has 3 N–H and O–H groups in total. The van der Waals surface area contributed by atoms with Crippen LogP contribution >= 0.6 is 0 Å². The van der Waals surface area contributed by atoms with Gasteiger partial charge in [-0.1, -0.05) is 6.07 Å². The van der Waals surface area contributed by atoms with Gasteiger partial charge in [0.2, 0.25) is 0 Å². The second kappa shape index (κ2) is 7.58. The molecule has 1 aliphatic carbocycles. The van der Waals surface area contributed by atoms with E-state index in [-0.39, 0.29) is 5.25 Å². The molecule has 1 aromatic carbocycles. The zero-order chi connectivity index (χ0) is 18.1. The summed E-state index contributed by atoms with van der Waals surface area (Å²) in [6, 6.07) is 7.04. The lowest BCUT2D eigenvalue weighted by molar-refractivity contribution is 0.122. The molecule has 2 saturated heterocycles. The number of anilines is 1. The van der Waals surface area contributed by atoms with E-state index in [2.05, 4.69) is 28.4 Å². The fourth-order valence-corrected chi connectivity index (χ4v) is 5.55. The number of morpholine rings is 1. The Kier molecular flexibility index (Phi) is 5.37. The van der Waals surface area contributed by atoms with E-state index in [0.29, 0.717) is 11.3 Å². The Morgan fingerprint density at radius 1 is 1.35 bits per heavy atom. The van der Waals surface area contributed by atoms with Gasteiger partial charge in [-0.15, -0.1) is 0 Å². The molecule has 0 radical (unpaired) electrons. The first-order valence-corrected chi connectivity index (χ1v) is 11.2. The molecular weight excluding hydrogens is 346 g/mol. The number of benzene rings is 1. The van der Waals surface area contributed by atoms with Crippen LogP contribution in [0.1, 0.15) is 43.2 Å². The van der Waals surface area contributed by atoms with Gasteiger partial charge in [0, 0.05) is 24.0 Å². The van der Waals surface area contributed by atoms with Gasteiger partial charge in [0.15, 0.2) is 0 Å². The summed E-state index contributed by atoms with van der Waals surface area (Å²) in [5, 5.41) is 9.28. The second-order valence-corrected chi connectivity index (χ2v) is 9.66. The van der Waals surface area contributed by atoms with Crippen LogP contribution in [0.15, 0.2) is 18.2 Å². The number of nitrogens with one attached hydrogen (secondary N) is 1. The average Bonchev–Trinajstić information content (AvgIpc) is 2.95. The Morgan fingerprint density at radius 3 is 2.77 bits per heavy atom. The normalized spacial score (nSPS) is 27.3. The highest BCUT2D eigenvalue weighted by atomic mass is 32.2. The Labute approximate surface area is 159 Å². The van der Waals surface area contributed by atoms with Crippen molar-refractivity contribution in [2.75, 3.05) is 44.3 Å². The van der Waals surface area contributed by atoms with Crippen molar-refractivity contribution in [2.24, 2.45) is 10.6 Å². The van der Waals surface area contributed by atoms with Gasteiger partial charge >= 0.3 is 0 Å². The van der Waals surface area contributed by atoms with Crippen molar-refractivity contribution < 1.29 is 8.95 Å². The molecule has 2 unspecified atom stereocenters. The van der Waals surface area contributed by atoms with Crippen molar-refractivity contribution in [2.45, 2.75) is 43.8 Å². The van der Waals surface area contributed by atoms with Crippen molar-refractivity contribution in [3.8, 4) is 0 Å². The molecule has 4 rings (SSSR count). The van der Waals surface area contributed by atoms with Gasteiger partial charge < -0.3 is 15.0 Å². The van der Waals surface area contributed by atoms with Gasteiger partial charge in [-0.2, -0.15) is 0 Å². The summed E-state index contributed by atoms with van der Waals surface area (Å²) in [5.74, 6) is 0.461. The second-order valence-electron chi connectivity index (χ2n) is 8.20. The van der Waals surface area contributed by atoms with Gasteiger partial charge in [0.25, 0.3) is 0 Å². The van der Waals surface area contributed by atoms with Crippen molar-refractivity contribution in [3.05, 3.63) is 29.3 Å². The maximum absolute atomic E-state index is 11.9. The molecule has 1 aromatic rings. The lowest BCUT2D eigenvalue weighted by atomic mass is 9.68. The third kappa shape index (κ3) is 3.44. The lowest BCUT2D eigenvalue weighted by Crippen LogP contribution is -2.40. The predicted octanol–water partition coefficient (Wildman–Crippen LogP) is 1.93. The number of hydrogen-bond donors (Lipinski definition) is 2. The molecule has 26 heavy (non-hydrogen) atoms. The smallest absolute Gasteiger partial charge is 0.0917 e. The minimum Gasteiger partial charge on any atom is -0.378 e. The molecule has 5 nitrogen and oxygen atoms in total. The summed E-state index contributed by atoms with van der Waals surface area (Å²) < 4.78 is 17.4. The fourth-order valence-electron chi connectivity index (χ4n) is 5.17.